The first-order chi connectivity index (χ1) is 15.6. The fourth-order valence-electron chi connectivity index (χ4n) is 4.88. The van der Waals surface area contributed by atoms with E-state index in [0.29, 0.717) is 0 Å². The quantitative estimate of drug-likeness (QED) is 0.612. The van der Waals surface area contributed by atoms with Crippen molar-refractivity contribution in [2.45, 2.75) is 49.7 Å². The van der Waals surface area contributed by atoms with Crippen LogP contribution in [0.1, 0.15) is 37.8 Å². The summed E-state index contributed by atoms with van der Waals surface area (Å²) in [6.45, 7) is 9.55. The van der Waals surface area contributed by atoms with Crippen molar-refractivity contribution in [1.29, 1.82) is 0 Å². The zero-order valence-electron chi connectivity index (χ0n) is 18.5. The van der Waals surface area contributed by atoms with E-state index in [0.717, 1.165) is 91.2 Å². The minimum absolute atomic E-state index is 0.180. The van der Waals surface area contributed by atoms with Crippen LogP contribution >= 0.6 is 23.1 Å². The Labute approximate surface area is 195 Å². The topological polar surface area (TPSA) is 85.3 Å². The number of morpholine rings is 1. The number of aromatic nitrogens is 4. The Balaban J connectivity index is 1.49. The normalized spacial score (nSPS) is 23.1. The molecule has 0 aromatic carbocycles. The molecule has 0 bridgehead atoms. The number of fused-ring (bicyclic) bond motifs is 5. The van der Waals surface area contributed by atoms with Gasteiger partial charge < -0.3 is 19.7 Å². The number of ether oxygens (including phenoxy) is 2. The number of pyridine rings is 1. The Morgan fingerprint density at radius 3 is 2.84 bits per heavy atom. The van der Waals surface area contributed by atoms with Crippen molar-refractivity contribution >= 4 is 55.2 Å². The molecule has 0 amide bonds. The van der Waals surface area contributed by atoms with E-state index in [2.05, 4.69) is 39.5 Å². The fourth-order valence-corrected chi connectivity index (χ4v) is 7.06. The van der Waals surface area contributed by atoms with Crippen LogP contribution in [0, 0.1) is 0 Å². The van der Waals surface area contributed by atoms with Gasteiger partial charge in [0.15, 0.2) is 5.82 Å². The zero-order valence-corrected chi connectivity index (χ0v) is 20.2. The number of thiophene rings is 1. The average molecular weight is 473 g/mol. The molecule has 0 unspecified atom stereocenters. The first-order valence-corrected chi connectivity index (χ1v) is 13.2. The van der Waals surface area contributed by atoms with E-state index in [4.69, 9.17) is 14.5 Å². The maximum atomic E-state index is 5.77. The molecule has 32 heavy (non-hydrogen) atoms. The van der Waals surface area contributed by atoms with Crippen LogP contribution in [-0.4, -0.2) is 70.7 Å². The van der Waals surface area contributed by atoms with E-state index < -0.39 is 0 Å². The molecule has 0 radical (unpaired) electrons. The van der Waals surface area contributed by atoms with Crippen molar-refractivity contribution < 1.29 is 9.47 Å². The molecule has 0 spiro atoms. The van der Waals surface area contributed by atoms with Gasteiger partial charge in [-0.15, -0.1) is 21.5 Å². The summed E-state index contributed by atoms with van der Waals surface area (Å²) in [4.78, 5) is 8.63. The minimum Gasteiger partial charge on any atom is -0.378 e. The number of nitrogens with one attached hydrogen (secondary N) is 1. The highest BCUT2D eigenvalue weighted by Gasteiger charge is 2.33. The standard InChI is InChI=1S/C22H28N6O2S2/c1-22(2)10-14-15(12-31-22)20(28-5-8-29-9-6-28)24-21-16(14)17-18(32-21)19(26-27-25-17)23-11-13-4-3-7-30-13/h13H,3-12H2,1-2H3,(H,23,25,26)/t13-/m0/s1. The molecule has 3 aromatic heterocycles. The third kappa shape index (κ3) is 3.70. The van der Waals surface area contributed by atoms with Gasteiger partial charge in [0.2, 0.25) is 0 Å². The molecule has 6 rings (SSSR count). The predicted octanol–water partition coefficient (Wildman–Crippen LogP) is 3.63. The predicted molar refractivity (Wildman–Crippen MR) is 130 cm³/mol. The third-order valence-electron chi connectivity index (χ3n) is 6.55. The summed E-state index contributed by atoms with van der Waals surface area (Å²) in [5, 5.41) is 17.6. The zero-order chi connectivity index (χ0) is 21.7. The van der Waals surface area contributed by atoms with Crippen LogP contribution in [-0.2, 0) is 21.6 Å². The maximum absolute atomic E-state index is 5.77. The van der Waals surface area contributed by atoms with E-state index in [-0.39, 0.29) is 10.9 Å². The second kappa shape index (κ2) is 8.23. The molecular weight excluding hydrogens is 444 g/mol. The van der Waals surface area contributed by atoms with Gasteiger partial charge in [-0.2, -0.15) is 11.8 Å². The van der Waals surface area contributed by atoms with Crippen LogP contribution < -0.4 is 10.2 Å². The number of anilines is 2. The molecule has 2 fully saturated rings. The Morgan fingerprint density at radius 1 is 1.16 bits per heavy atom. The van der Waals surface area contributed by atoms with Crippen molar-refractivity contribution in [3.63, 3.8) is 0 Å². The number of thioether (sulfide) groups is 1. The number of rotatable bonds is 4. The summed E-state index contributed by atoms with van der Waals surface area (Å²) in [5.74, 6) is 2.89. The summed E-state index contributed by atoms with van der Waals surface area (Å²) < 4.78 is 12.6. The Kier molecular flexibility index (Phi) is 5.36. The van der Waals surface area contributed by atoms with E-state index in [1.54, 1.807) is 11.3 Å². The summed E-state index contributed by atoms with van der Waals surface area (Å²) in [6.07, 6.45) is 3.45. The average Bonchev–Trinajstić information content (AvgIpc) is 3.45. The lowest BCUT2D eigenvalue weighted by Crippen LogP contribution is -2.38. The van der Waals surface area contributed by atoms with Gasteiger partial charge in [-0.3, -0.25) is 0 Å². The van der Waals surface area contributed by atoms with Crippen LogP contribution in [0.5, 0.6) is 0 Å². The molecule has 0 saturated carbocycles. The van der Waals surface area contributed by atoms with Crippen LogP contribution in [0.3, 0.4) is 0 Å². The summed E-state index contributed by atoms with van der Waals surface area (Å²) in [7, 11) is 0. The molecule has 1 atom stereocenters. The van der Waals surface area contributed by atoms with Crippen LogP contribution in [0.25, 0.3) is 20.4 Å². The molecular formula is C22H28N6O2S2. The molecule has 10 heteroatoms. The molecule has 3 aliphatic rings. The monoisotopic (exact) mass is 472 g/mol. The van der Waals surface area contributed by atoms with Crippen LogP contribution in [0.15, 0.2) is 0 Å². The van der Waals surface area contributed by atoms with Crippen molar-refractivity contribution in [3.8, 4) is 0 Å². The van der Waals surface area contributed by atoms with Gasteiger partial charge in [0.25, 0.3) is 0 Å². The number of hydrogen-bond acceptors (Lipinski definition) is 10. The summed E-state index contributed by atoms with van der Waals surface area (Å²) in [5.41, 5.74) is 3.67. The van der Waals surface area contributed by atoms with Crippen molar-refractivity contribution in [2.75, 3.05) is 49.7 Å². The van der Waals surface area contributed by atoms with E-state index in [1.807, 2.05) is 11.8 Å². The molecule has 0 aliphatic carbocycles. The van der Waals surface area contributed by atoms with Crippen molar-refractivity contribution in [2.24, 2.45) is 0 Å². The van der Waals surface area contributed by atoms with Gasteiger partial charge in [0.1, 0.15) is 20.9 Å². The van der Waals surface area contributed by atoms with Gasteiger partial charge in [-0.05, 0) is 30.0 Å². The van der Waals surface area contributed by atoms with Gasteiger partial charge in [0, 0.05) is 47.7 Å². The molecule has 3 aliphatic heterocycles. The molecule has 1 N–H and O–H groups in total. The number of hydrogen-bond donors (Lipinski definition) is 1. The lowest BCUT2D eigenvalue weighted by Gasteiger charge is -2.35. The first kappa shape index (κ1) is 20.8. The molecule has 2 saturated heterocycles. The second-order valence-electron chi connectivity index (χ2n) is 9.33. The summed E-state index contributed by atoms with van der Waals surface area (Å²) in [6, 6.07) is 0. The van der Waals surface area contributed by atoms with Crippen molar-refractivity contribution in [1.82, 2.24) is 20.4 Å². The van der Waals surface area contributed by atoms with Crippen LogP contribution in [0.2, 0.25) is 0 Å². The van der Waals surface area contributed by atoms with Crippen molar-refractivity contribution in [3.05, 3.63) is 11.1 Å². The lowest BCUT2D eigenvalue weighted by molar-refractivity contribution is 0.120. The first-order valence-electron chi connectivity index (χ1n) is 11.4. The highest BCUT2D eigenvalue weighted by molar-refractivity contribution is 7.99. The minimum atomic E-state index is 0.180. The fraction of sp³-hybridized carbons (Fsp3) is 0.636. The highest BCUT2D eigenvalue weighted by atomic mass is 32.2. The smallest absolute Gasteiger partial charge is 0.170 e. The molecule has 170 valence electrons. The summed E-state index contributed by atoms with van der Waals surface area (Å²) >= 11 is 3.69. The third-order valence-corrected chi connectivity index (χ3v) is 8.99. The van der Waals surface area contributed by atoms with Gasteiger partial charge >= 0.3 is 0 Å². The van der Waals surface area contributed by atoms with E-state index in [1.165, 1.54) is 16.5 Å². The Bertz CT molecular complexity index is 1150. The second-order valence-corrected chi connectivity index (χ2v) is 12.0. The Hall–Kier alpha value is -1.75. The van der Waals surface area contributed by atoms with E-state index >= 15 is 0 Å². The van der Waals surface area contributed by atoms with Gasteiger partial charge in [0.05, 0.1) is 19.3 Å². The maximum Gasteiger partial charge on any atom is 0.170 e. The van der Waals surface area contributed by atoms with Crippen LogP contribution in [0.4, 0.5) is 11.6 Å². The Morgan fingerprint density at radius 2 is 2.03 bits per heavy atom. The lowest BCUT2D eigenvalue weighted by atomic mass is 9.94. The molecule has 6 heterocycles. The molecule has 8 nitrogen and oxygen atoms in total. The van der Waals surface area contributed by atoms with E-state index in [9.17, 15) is 0 Å². The SMILES string of the molecule is CC1(C)Cc2c(c(N3CCOCC3)nc3sc4c(NC[C@@H]5CCCO5)nnnc4c23)CS1. The van der Waals surface area contributed by atoms with Gasteiger partial charge in [-0.25, -0.2) is 4.98 Å². The largest absolute Gasteiger partial charge is 0.378 e. The number of nitrogens with zero attached hydrogens (tertiary/aromatic N) is 5. The molecule has 3 aromatic rings. The van der Waals surface area contributed by atoms with Gasteiger partial charge in [-0.1, -0.05) is 13.8 Å². The highest BCUT2D eigenvalue weighted by Crippen LogP contribution is 2.47.